The molecule has 2 amide bonds. The molecule has 9 heteroatoms. The van der Waals surface area contributed by atoms with Crippen molar-refractivity contribution in [2.45, 2.75) is 32.2 Å². The van der Waals surface area contributed by atoms with E-state index in [1.54, 1.807) is 0 Å². The summed E-state index contributed by atoms with van der Waals surface area (Å²) in [4.78, 5) is 37.9. The van der Waals surface area contributed by atoms with Crippen LogP contribution in [-0.2, 0) is 14.3 Å². The summed E-state index contributed by atoms with van der Waals surface area (Å²) in [5.41, 5.74) is 0.833. The molecule has 1 heterocycles. The van der Waals surface area contributed by atoms with E-state index in [4.69, 9.17) is 5.11 Å². The van der Waals surface area contributed by atoms with Gasteiger partial charge < -0.3 is 15.2 Å². The highest BCUT2D eigenvalue weighted by Crippen LogP contribution is 2.21. The molecule has 1 aromatic rings. The Morgan fingerprint density at radius 2 is 2.10 bits per heavy atom. The summed E-state index contributed by atoms with van der Waals surface area (Å²) in [5, 5.41) is 15.7. The maximum atomic E-state index is 11.7. The fourth-order valence-corrected chi connectivity index (χ4v) is 2.22. The predicted molar refractivity (Wildman–Crippen MR) is 76.4 cm³/mol. The van der Waals surface area contributed by atoms with Gasteiger partial charge >= 0.3 is 18.0 Å². The molecular weight excluding hydrogens is 298 g/mol. The standard InChI is InChI=1S/C12H17N3O5S/c1-6(2)8-5-21-12(14-8)15-11(19)13-7(10(17)18)4-9(16)20-3/h5-7H,4H2,1-3H3,(H,17,18)(H2,13,14,15,19)/t7-/m0/s1. The topological polar surface area (TPSA) is 118 Å². The Bertz CT molecular complexity index is 529. The third kappa shape index (κ3) is 5.38. The van der Waals surface area contributed by atoms with E-state index in [0.717, 1.165) is 12.8 Å². The van der Waals surface area contributed by atoms with Crippen molar-refractivity contribution in [2.75, 3.05) is 12.4 Å². The Hall–Kier alpha value is -2.16. The van der Waals surface area contributed by atoms with Gasteiger partial charge in [-0.1, -0.05) is 13.8 Å². The van der Waals surface area contributed by atoms with Crippen LogP contribution in [0.5, 0.6) is 0 Å². The minimum Gasteiger partial charge on any atom is -0.480 e. The monoisotopic (exact) mass is 315 g/mol. The minimum absolute atomic E-state index is 0.228. The lowest BCUT2D eigenvalue weighted by molar-refractivity contribution is -0.147. The highest BCUT2D eigenvalue weighted by atomic mass is 32.1. The van der Waals surface area contributed by atoms with Crippen molar-refractivity contribution in [3.05, 3.63) is 11.1 Å². The second-order valence-electron chi connectivity index (χ2n) is 4.50. The summed E-state index contributed by atoms with van der Waals surface area (Å²) in [7, 11) is 1.14. The third-order valence-corrected chi connectivity index (χ3v) is 3.31. The second kappa shape index (κ2) is 7.58. The molecule has 0 bridgehead atoms. The van der Waals surface area contributed by atoms with Crippen LogP contribution in [0.1, 0.15) is 31.9 Å². The molecular formula is C12H17N3O5S. The lowest BCUT2D eigenvalue weighted by Crippen LogP contribution is -2.44. The molecule has 0 aliphatic rings. The number of aromatic nitrogens is 1. The van der Waals surface area contributed by atoms with E-state index >= 15 is 0 Å². The molecule has 8 nitrogen and oxygen atoms in total. The van der Waals surface area contributed by atoms with E-state index < -0.39 is 30.4 Å². The van der Waals surface area contributed by atoms with Gasteiger partial charge in [0.25, 0.3) is 0 Å². The van der Waals surface area contributed by atoms with E-state index in [2.05, 4.69) is 20.4 Å². The van der Waals surface area contributed by atoms with Crippen molar-refractivity contribution in [2.24, 2.45) is 0 Å². The molecule has 0 spiro atoms. The number of thiazole rings is 1. The van der Waals surface area contributed by atoms with E-state index in [-0.39, 0.29) is 5.92 Å². The molecule has 0 fully saturated rings. The van der Waals surface area contributed by atoms with Gasteiger partial charge in [-0.3, -0.25) is 10.1 Å². The zero-order valence-corrected chi connectivity index (χ0v) is 12.7. The average molecular weight is 315 g/mol. The van der Waals surface area contributed by atoms with E-state index in [9.17, 15) is 14.4 Å². The van der Waals surface area contributed by atoms with Crippen LogP contribution in [0.25, 0.3) is 0 Å². The number of hydrogen-bond donors (Lipinski definition) is 3. The summed E-state index contributed by atoms with van der Waals surface area (Å²) in [5.74, 6) is -1.82. The quantitative estimate of drug-likeness (QED) is 0.683. The molecule has 116 valence electrons. The number of nitrogens with zero attached hydrogens (tertiary/aromatic N) is 1. The van der Waals surface area contributed by atoms with E-state index in [1.807, 2.05) is 19.2 Å². The number of aliphatic carboxylic acids is 1. The normalized spacial score (nSPS) is 11.8. The first-order valence-corrected chi connectivity index (χ1v) is 7.04. The number of anilines is 1. The number of carbonyl (C=O) groups is 3. The molecule has 0 aliphatic carbocycles. The van der Waals surface area contributed by atoms with Gasteiger partial charge in [0.2, 0.25) is 0 Å². The molecule has 21 heavy (non-hydrogen) atoms. The molecule has 0 unspecified atom stereocenters. The molecule has 0 aliphatic heterocycles. The molecule has 3 N–H and O–H groups in total. The zero-order chi connectivity index (χ0) is 16.0. The van der Waals surface area contributed by atoms with Crippen molar-refractivity contribution in [1.82, 2.24) is 10.3 Å². The minimum atomic E-state index is -1.36. The molecule has 1 atom stereocenters. The number of nitrogens with one attached hydrogen (secondary N) is 2. The second-order valence-corrected chi connectivity index (χ2v) is 5.36. The fraction of sp³-hybridized carbons (Fsp3) is 0.500. The Morgan fingerprint density at radius 3 is 2.57 bits per heavy atom. The number of esters is 1. The van der Waals surface area contributed by atoms with Crippen LogP contribution in [0.2, 0.25) is 0 Å². The fourth-order valence-electron chi connectivity index (χ4n) is 1.35. The van der Waals surface area contributed by atoms with Crippen LogP contribution < -0.4 is 10.6 Å². The van der Waals surface area contributed by atoms with Crippen LogP contribution in [0.15, 0.2) is 5.38 Å². The molecule has 1 rings (SSSR count). The number of carbonyl (C=O) groups excluding carboxylic acids is 2. The summed E-state index contributed by atoms with van der Waals surface area (Å²) in [6, 6.07) is -2.10. The van der Waals surface area contributed by atoms with Crippen molar-refractivity contribution >= 4 is 34.4 Å². The molecule has 0 saturated carbocycles. The van der Waals surface area contributed by atoms with Crippen molar-refractivity contribution < 1.29 is 24.2 Å². The highest BCUT2D eigenvalue weighted by Gasteiger charge is 2.24. The van der Waals surface area contributed by atoms with Crippen LogP contribution >= 0.6 is 11.3 Å². The van der Waals surface area contributed by atoms with Gasteiger partial charge in [-0.05, 0) is 5.92 Å². The maximum Gasteiger partial charge on any atom is 0.326 e. The maximum absolute atomic E-state index is 11.7. The summed E-state index contributed by atoms with van der Waals surface area (Å²) < 4.78 is 4.38. The van der Waals surface area contributed by atoms with Crippen LogP contribution in [0.3, 0.4) is 0 Å². The van der Waals surface area contributed by atoms with Gasteiger partial charge in [0.1, 0.15) is 6.04 Å². The number of urea groups is 1. The summed E-state index contributed by atoms with van der Waals surface area (Å²) in [6.45, 7) is 3.94. The van der Waals surface area contributed by atoms with Crippen LogP contribution in [-0.4, -0.2) is 41.2 Å². The lowest BCUT2D eigenvalue weighted by atomic mass is 10.2. The Morgan fingerprint density at radius 1 is 1.43 bits per heavy atom. The van der Waals surface area contributed by atoms with Crippen LogP contribution in [0.4, 0.5) is 9.93 Å². The number of hydrogen-bond acceptors (Lipinski definition) is 6. The molecule has 0 radical (unpaired) electrons. The lowest BCUT2D eigenvalue weighted by Gasteiger charge is -2.13. The van der Waals surface area contributed by atoms with Gasteiger partial charge in [-0.2, -0.15) is 0 Å². The van der Waals surface area contributed by atoms with Gasteiger partial charge in [0.15, 0.2) is 5.13 Å². The first-order valence-electron chi connectivity index (χ1n) is 6.16. The number of rotatable bonds is 6. The van der Waals surface area contributed by atoms with Crippen molar-refractivity contribution in [1.29, 1.82) is 0 Å². The number of carboxylic acids is 1. The average Bonchev–Trinajstić information content (AvgIpc) is 2.86. The van der Waals surface area contributed by atoms with Gasteiger partial charge in [0.05, 0.1) is 19.2 Å². The number of carboxylic acid groups (broad SMARTS) is 1. The summed E-state index contributed by atoms with van der Waals surface area (Å²) >= 11 is 1.24. The molecule has 0 saturated heterocycles. The highest BCUT2D eigenvalue weighted by molar-refractivity contribution is 7.13. The Labute approximate surface area is 125 Å². The Kier molecular flexibility index (Phi) is 6.10. The van der Waals surface area contributed by atoms with E-state index in [0.29, 0.717) is 5.13 Å². The van der Waals surface area contributed by atoms with Gasteiger partial charge in [0, 0.05) is 5.38 Å². The van der Waals surface area contributed by atoms with Gasteiger partial charge in [-0.25, -0.2) is 14.6 Å². The molecule has 0 aromatic carbocycles. The van der Waals surface area contributed by atoms with Crippen LogP contribution in [0, 0.1) is 0 Å². The zero-order valence-electron chi connectivity index (χ0n) is 11.9. The third-order valence-electron chi connectivity index (χ3n) is 2.54. The van der Waals surface area contributed by atoms with E-state index in [1.165, 1.54) is 11.3 Å². The first-order chi connectivity index (χ1) is 9.83. The SMILES string of the molecule is COC(=O)C[C@H](NC(=O)Nc1nc(C(C)C)cs1)C(=O)O. The number of ether oxygens (including phenoxy) is 1. The number of amides is 2. The van der Waals surface area contributed by atoms with Crippen molar-refractivity contribution in [3.8, 4) is 0 Å². The van der Waals surface area contributed by atoms with Gasteiger partial charge in [-0.15, -0.1) is 11.3 Å². The predicted octanol–water partition coefficient (Wildman–Crippen LogP) is 1.40. The molecule has 1 aromatic heterocycles. The first kappa shape index (κ1) is 16.9. The van der Waals surface area contributed by atoms with Crippen molar-refractivity contribution in [3.63, 3.8) is 0 Å². The Balaban J connectivity index is 2.60. The largest absolute Gasteiger partial charge is 0.480 e. The summed E-state index contributed by atoms with van der Waals surface area (Å²) in [6.07, 6.45) is -0.450. The smallest absolute Gasteiger partial charge is 0.326 e. The number of methoxy groups -OCH3 is 1.